The number of hydrogen-bond donors (Lipinski definition) is 0. The Morgan fingerprint density at radius 3 is 2.00 bits per heavy atom. The van der Waals surface area contributed by atoms with E-state index in [9.17, 15) is 0 Å². The summed E-state index contributed by atoms with van der Waals surface area (Å²) in [4.78, 5) is 15.4. The Morgan fingerprint density at radius 1 is 0.434 bits per heavy atom. The van der Waals surface area contributed by atoms with Crippen LogP contribution >= 0.6 is 0 Å². The lowest BCUT2D eigenvalue weighted by atomic mass is 9.89. The summed E-state index contributed by atoms with van der Waals surface area (Å²) < 4.78 is 2.30. The summed E-state index contributed by atoms with van der Waals surface area (Å²) >= 11 is 0. The van der Waals surface area contributed by atoms with Crippen molar-refractivity contribution in [2.75, 3.05) is 0 Å². The van der Waals surface area contributed by atoms with Gasteiger partial charge >= 0.3 is 0 Å². The van der Waals surface area contributed by atoms with E-state index in [1.165, 1.54) is 59.4 Å². The maximum Gasteiger partial charge on any atom is 0.145 e. The van der Waals surface area contributed by atoms with Crippen molar-refractivity contribution in [1.29, 1.82) is 0 Å². The highest BCUT2D eigenvalue weighted by Gasteiger charge is 2.22. The number of nitrogens with zero attached hydrogens (tertiary/aromatic N) is 4. The van der Waals surface area contributed by atoms with Crippen LogP contribution < -0.4 is 0 Å². The van der Waals surface area contributed by atoms with Gasteiger partial charge in [-0.2, -0.15) is 0 Å². The maximum atomic E-state index is 5.56. The minimum atomic E-state index is 0.862. The molecule has 0 saturated carbocycles. The third-order valence-electron chi connectivity index (χ3n) is 11.2. The average molecular weight is 673 g/mol. The van der Waals surface area contributed by atoms with Crippen molar-refractivity contribution in [1.82, 2.24) is 19.4 Å². The van der Waals surface area contributed by atoms with Gasteiger partial charge in [0.2, 0.25) is 0 Å². The first-order valence-corrected chi connectivity index (χ1v) is 18.0. The Balaban J connectivity index is 1.28. The SMILES string of the molecule is c1cncc(-c2nc3ccccc3c3nc4c(-c5cc6ccccc6c6ccccc56)cc(-c5ccc6ccc7cccc8ccc5c6c78)cn4c23)c1. The third-order valence-corrected chi connectivity index (χ3v) is 11.2. The molecule has 4 nitrogen and oxygen atoms in total. The molecular formula is C49H28N4. The van der Waals surface area contributed by atoms with Crippen LogP contribution in [-0.2, 0) is 0 Å². The van der Waals surface area contributed by atoms with Crippen LogP contribution in [0.3, 0.4) is 0 Å². The largest absolute Gasteiger partial charge is 0.296 e. The second kappa shape index (κ2) is 10.7. The second-order valence-corrected chi connectivity index (χ2v) is 14.0. The molecule has 12 rings (SSSR count). The third kappa shape index (κ3) is 4.03. The molecule has 0 saturated heterocycles. The molecule has 4 heterocycles. The number of imidazole rings is 1. The topological polar surface area (TPSA) is 43.1 Å². The van der Waals surface area contributed by atoms with Gasteiger partial charge in [0.05, 0.1) is 11.2 Å². The normalized spacial score (nSPS) is 12.2. The number of pyridine rings is 3. The van der Waals surface area contributed by atoms with Crippen LogP contribution in [0.2, 0.25) is 0 Å². The Kier molecular flexibility index (Phi) is 5.74. The summed E-state index contributed by atoms with van der Waals surface area (Å²) in [6.45, 7) is 0. The van der Waals surface area contributed by atoms with E-state index in [-0.39, 0.29) is 0 Å². The molecule has 0 atom stereocenters. The van der Waals surface area contributed by atoms with Gasteiger partial charge in [-0.25, -0.2) is 9.97 Å². The van der Waals surface area contributed by atoms with Crippen LogP contribution in [-0.4, -0.2) is 19.4 Å². The lowest BCUT2D eigenvalue weighted by Gasteiger charge is -2.17. The first kappa shape index (κ1) is 28.5. The Morgan fingerprint density at radius 2 is 1.15 bits per heavy atom. The highest BCUT2D eigenvalue weighted by molar-refractivity contribution is 6.26. The Labute approximate surface area is 303 Å². The Bertz CT molecular complexity index is 3440. The fourth-order valence-corrected chi connectivity index (χ4v) is 8.82. The fourth-order valence-electron chi connectivity index (χ4n) is 8.82. The quantitative estimate of drug-likeness (QED) is 0.175. The molecular weight excluding hydrogens is 645 g/mol. The highest BCUT2D eigenvalue weighted by atomic mass is 15.0. The molecule has 0 unspecified atom stereocenters. The lowest BCUT2D eigenvalue weighted by Crippen LogP contribution is -1.96. The molecule has 0 amide bonds. The highest BCUT2D eigenvalue weighted by Crippen LogP contribution is 2.44. The van der Waals surface area contributed by atoms with Gasteiger partial charge in [0.1, 0.15) is 16.7 Å². The van der Waals surface area contributed by atoms with E-state index in [1.54, 1.807) is 0 Å². The average Bonchev–Trinajstić information content (AvgIpc) is 3.62. The monoisotopic (exact) mass is 672 g/mol. The first-order valence-electron chi connectivity index (χ1n) is 18.0. The van der Waals surface area contributed by atoms with Gasteiger partial charge < -0.3 is 0 Å². The van der Waals surface area contributed by atoms with Crippen LogP contribution in [0.25, 0.3) is 115 Å². The molecule has 12 aromatic rings. The zero-order valence-electron chi connectivity index (χ0n) is 28.5. The van der Waals surface area contributed by atoms with Gasteiger partial charge in [0.25, 0.3) is 0 Å². The van der Waals surface area contributed by atoms with E-state index in [1.807, 2.05) is 24.5 Å². The molecule has 53 heavy (non-hydrogen) atoms. The first-order chi connectivity index (χ1) is 26.3. The summed E-state index contributed by atoms with van der Waals surface area (Å²) in [6.07, 6.45) is 5.99. The molecule has 0 N–H and O–H groups in total. The van der Waals surface area contributed by atoms with Crippen LogP contribution in [0.15, 0.2) is 170 Å². The predicted molar refractivity (Wildman–Crippen MR) is 221 cm³/mol. The van der Waals surface area contributed by atoms with Crippen molar-refractivity contribution in [3.63, 3.8) is 0 Å². The molecule has 0 fully saturated rings. The minimum Gasteiger partial charge on any atom is -0.296 e. The van der Waals surface area contributed by atoms with Gasteiger partial charge in [-0.15, -0.1) is 0 Å². The van der Waals surface area contributed by atoms with Crippen LogP contribution in [0, 0.1) is 0 Å². The van der Waals surface area contributed by atoms with Crippen LogP contribution in [0.4, 0.5) is 0 Å². The summed E-state index contributed by atoms with van der Waals surface area (Å²) in [5.41, 5.74) is 10.0. The standard InChI is InChI=1S/C49H28N4/c1-2-13-35-32(9-1)25-41(38-15-4-3-14-37(35)38)42-26-34(36-22-20-31-19-18-29-10-7-11-30-21-23-39(36)45(31)44(29)30)28-53-48-46(33-12-8-24-50-27-33)51-43-17-6-5-16-40(43)47(48)52-49(42)53/h1-28H. The van der Waals surface area contributed by atoms with Crippen molar-refractivity contribution in [2.45, 2.75) is 0 Å². The molecule has 0 radical (unpaired) electrons. The molecule has 244 valence electrons. The van der Waals surface area contributed by atoms with Crippen molar-refractivity contribution in [2.24, 2.45) is 0 Å². The number of hydrogen-bond acceptors (Lipinski definition) is 3. The number of rotatable bonds is 3. The lowest BCUT2D eigenvalue weighted by molar-refractivity contribution is 1.22. The number of aromatic nitrogens is 4. The molecule has 8 aromatic carbocycles. The van der Waals surface area contributed by atoms with Crippen molar-refractivity contribution in [3.05, 3.63) is 170 Å². The number of para-hydroxylation sites is 1. The molecule has 0 aliphatic heterocycles. The Hall–Kier alpha value is -7.17. The van der Waals surface area contributed by atoms with Gasteiger partial charge in [-0.05, 0) is 101 Å². The summed E-state index contributed by atoms with van der Waals surface area (Å²) in [7, 11) is 0. The van der Waals surface area contributed by atoms with Crippen LogP contribution in [0.1, 0.15) is 0 Å². The zero-order chi connectivity index (χ0) is 34.6. The summed E-state index contributed by atoms with van der Waals surface area (Å²) in [5, 5.41) is 13.5. The van der Waals surface area contributed by atoms with Gasteiger partial charge in [0.15, 0.2) is 0 Å². The fraction of sp³-hybridized carbons (Fsp3) is 0. The van der Waals surface area contributed by atoms with Crippen LogP contribution in [0.5, 0.6) is 0 Å². The predicted octanol–water partition coefficient (Wildman–Crippen LogP) is 12.6. The smallest absolute Gasteiger partial charge is 0.145 e. The van der Waals surface area contributed by atoms with E-state index >= 15 is 0 Å². The molecule has 0 bridgehead atoms. The molecule has 0 aliphatic rings. The van der Waals surface area contributed by atoms with Gasteiger partial charge in [-0.1, -0.05) is 121 Å². The van der Waals surface area contributed by atoms with Crippen molar-refractivity contribution >= 4 is 81.4 Å². The van der Waals surface area contributed by atoms with Gasteiger partial charge in [-0.3, -0.25) is 9.38 Å². The molecule has 4 heteroatoms. The summed E-state index contributed by atoms with van der Waals surface area (Å²) in [6, 6.07) is 54.8. The number of fused-ring (bicyclic) bond motifs is 8. The molecule has 4 aromatic heterocycles. The number of benzene rings is 8. The van der Waals surface area contributed by atoms with E-state index in [4.69, 9.17) is 9.97 Å². The zero-order valence-corrected chi connectivity index (χ0v) is 28.5. The van der Waals surface area contributed by atoms with E-state index in [0.717, 1.165) is 55.5 Å². The maximum absolute atomic E-state index is 5.56. The van der Waals surface area contributed by atoms with Gasteiger partial charge in [0, 0.05) is 35.1 Å². The van der Waals surface area contributed by atoms with E-state index in [2.05, 4.69) is 155 Å². The second-order valence-electron chi connectivity index (χ2n) is 14.0. The van der Waals surface area contributed by atoms with E-state index < -0.39 is 0 Å². The summed E-state index contributed by atoms with van der Waals surface area (Å²) in [5.74, 6) is 0. The van der Waals surface area contributed by atoms with E-state index in [0.29, 0.717) is 0 Å². The minimum absolute atomic E-state index is 0.862. The molecule has 0 aliphatic carbocycles. The molecule has 0 spiro atoms. The van der Waals surface area contributed by atoms with Crippen molar-refractivity contribution in [3.8, 4) is 33.5 Å². The van der Waals surface area contributed by atoms with Crippen molar-refractivity contribution < 1.29 is 0 Å².